The molecule has 14 nitrogen and oxygen atoms in total. The van der Waals surface area contributed by atoms with Crippen LogP contribution in [-0.4, -0.2) is 49.8 Å². The molecule has 8 aromatic carbocycles. The number of benzene rings is 8. The second-order valence-electron chi connectivity index (χ2n) is 21.0. The molecule has 2 aliphatic heterocycles. The summed E-state index contributed by atoms with van der Waals surface area (Å²) in [6.07, 6.45) is 10.5. The Morgan fingerprint density at radius 2 is 0.534 bits per heavy atom. The highest BCUT2D eigenvalue weighted by molar-refractivity contribution is 6.05. The van der Waals surface area contributed by atoms with E-state index in [-0.39, 0.29) is 0 Å². The van der Waals surface area contributed by atoms with Crippen molar-refractivity contribution < 1.29 is 0 Å². The van der Waals surface area contributed by atoms with E-state index in [0.29, 0.717) is 68.6 Å². The van der Waals surface area contributed by atoms with Gasteiger partial charge in [0.2, 0.25) is 0 Å². The van der Waals surface area contributed by atoms with Crippen LogP contribution in [0.15, 0.2) is 292 Å². The third-order valence-corrected chi connectivity index (χ3v) is 15.7. The summed E-state index contributed by atoms with van der Waals surface area (Å²) >= 11 is 0. The molecule has 0 saturated carbocycles. The molecule has 6 aromatic heterocycles. The Morgan fingerprint density at radius 1 is 0.216 bits per heavy atom. The molecule has 0 atom stereocenters. The predicted molar refractivity (Wildman–Crippen MR) is 348 cm³/mol. The maximum Gasteiger partial charge on any atom is 0.182 e. The van der Waals surface area contributed by atoms with Gasteiger partial charge in [0.05, 0.1) is 45.5 Å². The van der Waals surface area contributed by atoms with Crippen LogP contribution in [0.25, 0.3) is 79.7 Å². The Kier molecular flexibility index (Phi) is 12.8. The van der Waals surface area contributed by atoms with E-state index >= 15 is 0 Å². The van der Waals surface area contributed by atoms with Gasteiger partial charge in [0.1, 0.15) is 11.4 Å². The van der Waals surface area contributed by atoms with E-state index in [9.17, 15) is 0 Å². The fraction of sp³-hybridized carbons (Fsp3) is 0. The minimum Gasteiger partial charge on any atom is -0.306 e. The zero-order chi connectivity index (χ0) is 58.3. The molecule has 88 heavy (non-hydrogen) atoms. The van der Waals surface area contributed by atoms with Gasteiger partial charge in [0.15, 0.2) is 34.9 Å². The minimum absolute atomic E-state index is 0.397. The molecular weight excluding hydrogens is 1080 g/mol. The van der Waals surface area contributed by atoms with Crippen LogP contribution in [0.4, 0.5) is 68.2 Å². The number of hydrogen-bond donors (Lipinski definition) is 0. The van der Waals surface area contributed by atoms with Crippen molar-refractivity contribution in [2.45, 2.75) is 0 Å². The van der Waals surface area contributed by atoms with Crippen LogP contribution in [0.5, 0.6) is 0 Å². The van der Waals surface area contributed by atoms with Crippen molar-refractivity contribution in [2.24, 2.45) is 0 Å². The summed E-state index contributed by atoms with van der Waals surface area (Å²) in [6, 6.07) is 87.2. The zero-order valence-corrected chi connectivity index (χ0v) is 47.0. The van der Waals surface area contributed by atoms with Crippen molar-refractivity contribution >= 4 is 68.2 Å². The van der Waals surface area contributed by atoms with Crippen molar-refractivity contribution in [1.82, 2.24) is 49.8 Å². The van der Waals surface area contributed by atoms with E-state index in [4.69, 9.17) is 39.9 Å². The first-order valence-corrected chi connectivity index (χ1v) is 28.8. The van der Waals surface area contributed by atoms with Gasteiger partial charge in [-0.3, -0.25) is 19.9 Å². The molecular formula is C74H48N14. The molecule has 14 heteroatoms. The Balaban J connectivity index is 0.979. The molecule has 16 rings (SSSR count). The highest BCUT2D eigenvalue weighted by Crippen LogP contribution is 2.57. The average Bonchev–Trinajstić information content (AvgIpc) is 0.868. The Labute approximate surface area is 506 Å². The third kappa shape index (κ3) is 9.17. The number of rotatable bonds is 11. The van der Waals surface area contributed by atoms with E-state index in [1.165, 1.54) is 0 Å². The van der Waals surface area contributed by atoms with Crippen LogP contribution in [0.2, 0.25) is 0 Å². The molecule has 0 radical (unpaired) electrons. The largest absolute Gasteiger partial charge is 0.306 e. The number of fused-ring (bicyclic) bond motifs is 4. The van der Waals surface area contributed by atoms with Crippen molar-refractivity contribution in [3.63, 3.8) is 0 Å². The fourth-order valence-corrected chi connectivity index (χ4v) is 11.8. The lowest BCUT2D eigenvalue weighted by molar-refractivity contribution is 1.05. The van der Waals surface area contributed by atoms with E-state index in [1.54, 1.807) is 37.2 Å². The lowest BCUT2D eigenvalue weighted by Crippen LogP contribution is -2.24. The lowest BCUT2D eigenvalue weighted by Gasteiger charge is -2.40. The second-order valence-corrected chi connectivity index (χ2v) is 21.0. The molecule has 0 fully saturated rings. The summed E-state index contributed by atoms with van der Waals surface area (Å²) in [5.74, 6) is 2.48. The van der Waals surface area contributed by atoms with E-state index in [1.807, 2.05) is 72.8 Å². The van der Waals surface area contributed by atoms with Crippen LogP contribution < -0.4 is 19.6 Å². The molecule has 14 aromatic rings. The first kappa shape index (κ1) is 51.2. The summed E-state index contributed by atoms with van der Waals surface area (Å²) < 4.78 is 0. The van der Waals surface area contributed by atoms with Gasteiger partial charge in [-0.05, 0) is 157 Å². The maximum atomic E-state index is 5.41. The molecule has 0 spiro atoms. The van der Waals surface area contributed by atoms with Crippen LogP contribution >= 0.6 is 0 Å². The molecule has 0 bridgehead atoms. The van der Waals surface area contributed by atoms with E-state index in [2.05, 4.69) is 212 Å². The molecule has 0 aliphatic carbocycles. The van der Waals surface area contributed by atoms with Crippen molar-refractivity contribution in [1.29, 1.82) is 0 Å². The number of hydrogen-bond acceptors (Lipinski definition) is 14. The van der Waals surface area contributed by atoms with Gasteiger partial charge in [-0.2, -0.15) is 0 Å². The first-order chi connectivity index (χ1) is 43.7. The minimum atomic E-state index is 0.397. The average molecular weight is 1130 g/mol. The summed E-state index contributed by atoms with van der Waals surface area (Å²) in [7, 11) is 0. The van der Waals surface area contributed by atoms with Gasteiger partial charge >= 0.3 is 0 Å². The summed E-state index contributed by atoms with van der Waals surface area (Å²) in [4.78, 5) is 59.7. The monoisotopic (exact) mass is 1130 g/mol. The van der Waals surface area contributed by atoms with Gasteiger partial charge < -0.3 is 19.6 Å². The zero-order valence-electron chi connectivity index (χ0n) is 47.0. The van der Waals surface area contributed by atoms with Gasteiger partial charge in [-0.15, -0.1) is 0 Å². The van der Waals surface area contributed by atoms with Crippen LogP contribution in [0.3, 0.4) is 0 Å². The van der Waals surface area contributed by atoms with Crippen molar-refractivity contribution in [3.8, 4) is 79.7 Å². The topological polar surface area (TPSA) is 142 Å². The molecule has 0 saturated heterocycles. The summed E-state index contributed by atoms with van der Waals surface area (Å²) in [5.41, 5.74) is 17.4. The number of anilines is 12. The molecule has 414 valence electrons. The van der Waals surface area contributed by atoms with Gasteiger partial charge in [0.25, 0.3) is 0 Å². The standard InChI is InChI=1S/C74H48N14/c1-3-23-51(24-4-1)85-61-29-7-11-33-65(61)87(66-34-12-8-30-62(66)85)53-37-39-55(57(45-53)71-79-69(49-21-19-41-75-47-49)81-73(83-71)59-27-15-17-43-77-59)56-40-38-54(46-58(56)72-80-70(50-22-20-42-76-48-50)82-74(84-72)60-28-16-18-44-78-60)88-67-35-13-9-31-63(67)86(52-25-5-2-6-26-52)64-32-10-14-36-68(64)88/h1-48H. The highest BCUT2D eigenvalue weighted by Gasteiger charge is 2.34. The van der Waals surface area contributed by atoms with Crippen LogP contribution in [0, 0.1) is 0 Å². The predicted octanol–water partition coefficient (Wildman–Crippen LogP) is 17.8. The van der Waals surface area contributed by atoms with Crippen molar-refractivity contribution in [3.05, 3.63) is 292 Å². The first-order valence-electron chi connectivity index (χ1n) is 28.8. The van der Waals surface area contributed by atoms with Gasteiger partial charge in [-0.1, -0.05) is 109 Å². The molecule has 0 unspecified atom stereocenters. The second kappa shape index (κ2) is 22.0. The van der Waals surface area contributed by atoms with Gasteiger partial charge in [-0.25, -0.2) is 29.9 Å². The Morgan fingerprint density at radius 3 is 0.864 bits per heavy atom. The normalized spacial score (nSPS) is 12.2. The Bertz CT molecular complexity index is 4370. The van der Waals surface area contributed by atoms with Crippen molar-refractivity contribution in [2.75, 3.05) is 19.6 Å². The summed E-state index contributed by atoms with van der Waals surface area (Å²) in [5, 5.41) is 0. The van der Waals surface area contributed by atoms with Crippen LogP contribution in [0.1, 0.15) is 0 Å². The number of aromatic nitrogens is 10. The lowest BCUT2D eigenvalue weighted by atomic mass is 9.92. The molecule has 0 N–H and O–H groups in total. The highest BCUT2D eigenvalue weighted by atomic mass is 15.3. The van der Waals surface area contributed by atoms with Gasteiger partial charge in [0, 0.05) is 82.2 Å². The third-order valence-electron chi connectivity index (χ3n) is 15.7. The van der Waals surface area contributed by atoms with E-state index in [0.717, 1.165) is 79.4 Å². The van der Waals surface area contributed by atoms with E-state index < -0.39 is 0 Å². The molecule has 0 amide bonds. The maximum absolute atomic E-state index is 5.41. The summed E-state index contributed by atoms with van der Waals surface area (Å²) in [6.45, 7) is 0. The molecule has 2 aliphatic rings. The number of pyridine rings is 4. The SMILES string of the molecule is c1ccc(N2c3ccccc3N(c3ccc(-c4ccc(N5c6ccccc6N(c6ccccc6)c6ccccc65)cc4-c4nc(-c5cccnc5)nc(-c5ccccn5)n4)c(-c4nc(-c5cccnc5)nc(-c5ccccn5)n4)c3)c3ccccc32)cc1. The quantitative estimate of drug-likeness (QED) is 0.121. The number of nitrogens with zero attached hydrogens (tertiary/aromatic N) is 14. The Hall–Kier alpha value is -12.4. The van der Waals surface area contributed by atoms with Crippen LogP contribution in [-0.2, 0) is 0 Å². The number of para-hydroxylation sites is 10. The smallest absolute Gasteiger partial charge is 0.182 e. The molecule has 8 heterocycles. The fourth-order valence-electron chi connectivity index (χ4n) is 11.8.